The monoisotopic (exact) mass is 361 g/mol. The van der Waals surface area contributed by atoms with Crippen molar-refractivity contribution in [3.05, 3.63) is 59.7 Å². The van der Waals surface area contributed by atoms with Crippen molar-refractivity contribution in [2.45, 2.75) is 11.4 Å². The molecule has 0 aliphatic carbocycles. The molecule has 0 unspecified atom stereocenters. The van der Waals surface area contributed by atoms with E-state index in [0.29, 0.717) is 12.1 Å². The van der Waals surface area contributed by atoms with Crippen LogP contribution in [0.4, 0.5) is 5.69 Å². The highest BCUT2D eigenvalue weighted by atomic mass is 32.2. The third-order valence-electron chi connectivity index (χ3n) is 3.78. The Balaban J connectivity index is 2.09. The summed E-state index contributed by atoms with van der Waals surface area (Å²) in [7, 11) is 3.28. The molecule has 1 N–H and O–H groups in total. The molecule has 134 valence electrons. The van der Waals surface area contributed by atoms with Crippen molar-refractivity contribution in [1.29, 1.82) is 0 Å². The number of benzene rings is 2. The van der Waals surface area contributed by atoms with E-state index < -0.39 is 10.0 Å². The van der Waals surface area contributed by atoms with Crippen LogP contribution in [0.1, 0.15) is 15.9 Å². The number of rotatable bonds is 6. The molecule has 2 rings (SSSR count). The maximum atomic E-state index is 12.3. The summed E-state index contributed by atoms with van der Waals surface area (Å²) < 4.78 is 25.4. The average Bonchev–Trinajstić information content (AvgIpc) is 2.60. The van der Waals surface area contributed by atoms with E-state index in [1.165, 1.54) is 26.2 Å². The lowest BCUT2D eigenvalue weighted by Gasteiger charge is -2.13. The lowest BCUT2D eigenvalue weighted by atomic mass is 10.1. The Morgan fingerprint density at radius 1 is 1.00 bits per heavy atom. The minimum absolute atomic E-state index is 0.0977. The number of hydrogen-bond acceptors (Lipinski definition) is 4. The second-order valence-electron chi connectivity index (χ2n) is 6.06. The van der Waals surface area contributed by atoms with Gasteiger partial charge in [0.1, 0.15) is 0 Å². The van der Waals surface area contributed by atoms with Gasteiger partial charge in [-0.1, -0.05) is 18.2 Å². The van der Waals surface area contributed by atoms with Crippen molar-refractivity contribution in [3.8, 4) is 0 Å². The highest BCUT2D eigenvalue weighted by Crippen LogP contribution is 2.15. The molecule has 25 heavy (non-hydrogen) atoms. The zero-order chi connectivity index (χ0) is 18.6. The number of carbonyl (C=O) groups is 1. The largest absolute Gasteiger partial charge is 0.378 e. The van der Waals surface area contributed by atoms with Gasteiger partial charge in [0.25, 0.3) is 5.91 Å². The van der Waals surface area contributed by atoms with Crippen LogP contribution in [0.15, 0.2) is 53.4 Å². The number of anilines is 1. The molecule has 7 heteroatoms. The molecule has 6 nitrogen and oxygen atoms in total. The van der Waals surface area contributed by atoms with Crippen LogP contribution in [0, 0.1) is 0 Å². The third kappa shape index (κ3) is 4.58. The molecule has 0 heterocycles. The van der Waals surface area contributed by atoms with E-state index in [1.54, 1.807) is 12.1 Å². The number of hydrogen-bond donors (Lipinski definition) is 1. The molecular weight excluding hydrogens is 338 g/mol. The van der Waals surface area contributed by atoms with Gasteiger partial charge in [0.15, 0.2) is 0 Å². The summed E-state index contributed by atoms with van der Waals surface area (Å²) in [6.45, 7) is 0.372. The zero-order valence-electron chi connectivity index (χ0n) is 14.9. The van der Waals surface area contributed by atoms with Crippen molar-refractivity contribution in [2.24, 2.45) is 0 Å². The van der Waals surface area contributed by atoms with Gasteiger partial charge < -0.3 is 10.2 Å². The Morgan fingerprint density at radius 3 is 2.20 bits per heavy atom. The number of carbonyl (C=O) groups excluding carboxylic acids is 1. The highest BCUT2D eigenvalue weighted by molar-refractivity contribution is 7.89. The van der Waals surface area contributed by atoms with Crippen molar-refractivity contribution in [3.63, 3.8) is 0 Å². The molecule has 0 aliphatic rings. The Labute approximate surface area is 149 Å². The van der Waals surface area contributed by atoms with Gasteiger partial charge >= 0.3 is 0 Å². The molecule has 0 aromatic heterocycles. The van der Waals surface area contributed by atoms with Gasteiger partial charge in [-0.15, -0.1) is 0 Å². The quantitative estimate of drug-likeness (QED) is 0.854. The predicted molar refractivity (Wildman–Crippen MR) is 99.3 cm³/mol. The van der Waals surface area contributed by atoms with Gasteiger partial charge in [-0.25, -0.2) is 12.7 Å². The van der Waals surface area contributed by atoms with Crippen LogP contribution >= 0.6 is 0 Å². The van der Waals surface area contributed by atoms with Gasteiger partial charge in [0.05, 0.1) is 4.90 Å². The predicted octanol–water partition coefficient (Wildman–Crippen LogP) is 1.93. The van der Waals surface area contributed by atoms with E-state index in [-0.39, 0.29) is 10.8 Å². The van der Waals surface area contributed by atoms with Gasteiger partial charge in [0, 0.05) is 46.0 Å². The first-order chi connectivity index (χ1) is 11.7. The smallest absolute Gasteiger partial charge is 0.251 e. The van der Waals surface area contributed by atoms with Gasteiger partial charge in [-0.2, -0.15) is 0 Å². The molecule has 0 saturated carbocycles. The molecule has 0 saturated heterocycles. The molecule has 0 aliphatic heterocycles. The normalized spacial score (nSPS) is 11.4. The first kappa shape index (κ1) is 19.0. The summed E-state index contributed by atoms with van der Waals surface area (Å²) in [6.07, 6.45) is 0. The van der Waals surface area contributed by atoms with E-state index in [9.17, 15) is 13.2 Å². The minimum Gasteiger partial charge on any atom is -0.378 e. The maximum absolute atomic E-state index is 12.3. The van der Waals surface area contributed by atoms with E-state index in [1.807, 2.05) is 43.3 Å². The second-order valence-corrected chi connectivity index (χ2v) is 8.21. The van der Waals surface area contributed by atoms with Gasteiger partial charge in [-0.05, 0) is 35.9 Å². The number of nitrogens with zero attached hydrogens (tertiary/aromatic N) is 2. The van der Waals surface area contributed by atoms with Crippen molar-refractivity contribution in [1.82, 2.24) is 9.62 Å². The first-order valence-corrected chi connectivity index (χ1v) is 9.23. The highest BCUT2D eigenvalue weighted by Gasteiger charge is 2.18. The number of sulfonamides is 1. The molecular formula is C18H23N3O3S. The Hall–Kier alpha value is -2.38. The third-order valence-corrected chi connectivity index (χ3v) is 5.59. The van der Waals surface area contributed by atoms with Crippen molar-refractivity contribution < 1.29 is 13.2 Å². The Morgan fingerprint density at radius 2 is 1.64 bits per heavy atom. The maximum Gasteiger partial charge on any atom is 0.251 e. The summed E-state index contributed by atoms with van der Waals surface area (Å²) in [5.41, 5.74) is 2.36. The minimum atomic E-state index is -3.56. The molecule has 0 fully saturated rings. The van der Waals surface area contributed by atoms with Crippen molar-refractivity contribution in [2.75, 3.05) is 33.1 Å². The van der Waals surface area contributed by atoms with E-state index in [0.717, 1.165) is 15.6 Å². The second kappa shape index (κ2) is 7.67. The summed E-state index contributed by atoms with van der Waals surface area (Å²) >= 11 is 0. The molecule has 2 aromatic carbocycles. The zero-order valence-corrected chi connectivity index (χ0v) is 15.7. The lowest BCUT2D eigenvalue weighted by molar-refractivity contribution is 0.0950. The fraction of sp³-hybridized carbons (Fsp3) is 0.278. The summed E-state index contributed by atoms with van der Waals surface area (Å²) in [5, 5.41) is 2.81. The van der Waals surface area contributed by atoms with E-state index in [4.69, 9.17) is 0 Å². The lowest BCUT2D eigenvalue weighted by Crippen LogP contribution is -2.25. The Bertz CT molecular complexity index is 844. The van der Waals surface area contributed by atoms with Gasteiger partial charge in [-0.3, -0.25) is 4.79 Å². The molecule has 2 aromatic rings. The van der Waals surface area contributed by atoms with Gasteiger partial charge in [0.2, 0.25) is 10.0 Å². The van der Waals surface area contributed by atoms with Crippen LogP contribution in [0.3, 0.4) is 0 Å². The SMILES string of the molecule is CN(C)c1ccc(CNC(=O)c2cccc(S(=O)(=O)N(C)C)c2)cc1. The van der Waals surface area contributed by atoms with Crippen LogP contribution in [-0.4, -0.2) is 46.8 Å². The molecule has 0 bridgehead atoms. The molecule has 1 amide bonds. The van der Waals surface area contributed by atoms with Crippen molar-refractivity contribution >= 4 is 21.6 Å². The first-order valence-electron chi connectivity index (χ1n) is 7.79. The standard InChI is InChI=1S/C18H23N3O3S/c1-20(2)16-10-8-14(9-11-16)13-19-18(22)15-6-5-7-17(12-15)25(23,24)21(3)4/h5-12H,13H2,1-4H3,(H,19,22). The van der Waals surface area contributed by atoms with Crippen LogP contribution in [0.25, 0.3) is 0 Å². The average molecular weight is 361 g/mol. The summed E-state index contributed by atoms with van der Waals surface area (Å²) in [6, 6.07) is 13.9. The topological polar surface area (TPSA) is 69.7 Å². The van der Waals surface area contributed by atoms with E-state index in [2.05, 4.69) is 5.32 Å². The summed E-state index contributed by atoms with van der Waals surface area (Å²) in [5.74, 6) is -0.313. The van der Waals surface area contributed by atoms with Crippen LogP contribution < -0.4 is 10.2 Å². The molecule has 0 radical (unpaired) electrons. The molecule has 0 atom stereocenters. The summed E-state index contributed by atoms with van der Waals surface area (Å²) in [4.78, 5) is 14.4. The molecule has 0 spiro atoms. The van der Waals surface area contributed by atoms with E-state index >= 15 is 0 Å². The fourth-order valence-corrected chi connectivity index (χ4v) is 3.15. The van der Waals surface area contributed by atoms with Crippen LogP contribution in [0.5, 0.6) is 0 Å². The fourth-order valence-electron chi connectivity index (χ4n) is 2.20. The number of amides is 1. The Kier molecular flexibility index (Phi) is 5.81. The van der Waals surface area contributed by atoms with Crippen LogP contribution in [-0.2, 0) is 16.6 Å². The number of nitrogens with one attached hydrogen (secondary N) is 1. The van der Waals surface area contributed by atoms with Crippen LogP contribution in [0.2, 0.25) is 0 Å².